The van der Waals surface area contributed by atoms with E-state index >= 15 is 0 Å². The van der Waals surface area contributed by atoms with E-state index in [1.54, 1.807) is 6.07 Å². The number of ether oxygens (including phenoxy) is 1. The number of alkyl halides is 3. The number of hydrogen-bond acceptors (Lipinski definition) is 4. The molecular formula is C19H16F3N3O2. The van der Waals surface area contributed by atoms with Crippen LogP contribution < -0.4 is 16.1 Å². The van der Waals surface area contributed by atoms with E-state index in [1.807, 2.05) is 0 Å². The van der Waals surface area contributed by atoms with Crippen molar-refractivity contribution in [2.45, 2.75) is 24.9 Å². The summed E-state index contributed by atoms with van der Waals surface area (Å²) in [7, 11) is 1.30. The summed E-state index contributed by atoms with van der Waals surface area (Å²) in [5.74, 6) is 6.61. The summed E-state index contributed by atoms with van der Waals surface area (Å²) < 4.78 is 46.6. The summed E-state index contributed by atoms with van der Waals surface area (Å²) in [4.78, 5) is 17.1. The lowest BCUT2D eigenvalue weighted by Gasteiger charge is -2.17. The summed E-state index contributed by atoms with van der Waals surface area (Å²) in [5.41, 5.74) is -0.811. The van der Waals surface area contributed by atoms with Crippen LogP contribution >= 0.6 is 0 Å². The van der Waals surface area contributed by atoms with Crippen LogP contribution in [0.3, 0.4) is 0 Å². The SMILES string of the molecule is COc1cccc(C(F)(F)F)c1-c1ccc2nc(C3CC3)n(N)c(=O)c2c1. The lowest BCUT2D eigenvalue weighted by Crippen LogP contribution is -2.31. The maximum atomic E-state index is 13.5. The first-order valence-corrected chi connectivity index (χ1v) is 8.37. The summed E-state index contributed by atoms with van der Waals surface area (Å²) in [6.45, 7) is 0. The Morgan fingerprint density at radius 1 is 1.22 bits per heavy atom. The van der Waals surface area contributed by atoms with Gasteiger partial charge >= 0.3 is 6.18 Å². The first-order chi connectivity index (χ1) is 12.8. The highest BCUT2D eigenvalue weighted by atomic mass is 19.4. The third-order valence-electron chi connectivity index (χ3n) is 4.71. The monoisotopic (exact) mass is 375 g/mol. The molecule has 0 amide bonds. The molecule has 1 fully saturated rings. The molecule has 2 aromatic carbocycles. The van der Waals surface area contributed by atoms with Crippen molar-refractivity contribution in [2.24, 2.45) is 0 Å². The Morgan fingerprint density at radius 2 is 1.96 bits per heavy atom. The average Bonchev–Trinajstić information content (AvgIpc) is 3.48. The standard InChI is InChI=1S/C19H16F3N3O2/c1-27-15-4-2-3-13(19(20,21)22)16(15)11-7-8-14-12(9-11)18(26)25(23)17(24-14)10-5-6-10/h2-4,7-10H,5-6,23H2,1H3. The Balaban J connectivity index is 1.97. The summed E-state index contributed by atoms with van der Waals surface area (Å²) in [5, 5.41) is 0.165. The van der Waals surface area contributed by atoms with Crippen molar-refractivity contribution in [1.82, 2.24) is 9.66 Å². The van der Waals surface area contributed by atoms with Gasteiger partial charge in [-0.1, -0.05) is 12.1 Å². The second kappa shape index (κ2) is 6.00. The van der Waals surface area contributed by atoms with Crippen molar-refractivity contribution in [3.63, 3.8) is 0 Å². The predicted molar refractivity (Wildman–Crippen MR) is 95.1 cm³/mol. The largest absolute Gasteiger partial charge is 0.496 e. The van der Waals surface area contributed by atoms with E-state index in [0.717, 1.165) is 23.6 Å². The molecule has 4 rings (SSSR count). The van der Waals surface area contributed by atoms with E-state index in [-0.39, 0.29) is 28.2 Å². The van der Waals surface area contributed by atoms with E-state index in [9.17, 15) is 18.0 Å². The molecule has 0 radical (unpaired) electrons. The molecule has 0 aliphatic heterocycles. The highest BCUT2D eigenvalue weighted by Gasteiger charge is 2.35. The molecule has 1 aliphatic rings. The smallest absolute Gasteiger partial charge is 0.417 e. The maximum Gasteiger partial charge on any atom is 0.417 e. The number of rotatable bonds is 3. The van der Waals surface area contributed by atoms with Crippen LogP contribution in [0.25, 0.3) is 22.0 Å². The van der Waals surface area contributed by atoms with Crippen molar-refractivity contribution < 1.29 is 17.9 Å². The molecule has 0 bridgehead atoms. The zero-order chi connectivity index (χ0) is 19.3. The van der Waals surface area contributed by atoms with Crippen LogP contribution in [0, 0.1) is 0 Å². The number of fused-ring (bicyclic) bond motifs is 1. The fourth-order valence-electron chi connectivity index (χ4n) is 3.24. The first kappa shape index (κ1) is 17.4. The Hall–Kier alpha value is -3.03. The van der Waals surface area contributed by atoms with E-state index in [2.05, 4.69) is 4.98 Å². The molecule has 1 aliphatic carbocycles. The minimum Gasteiger partial charge on any atom is -0.496 e. The Morgan fingerprint density at radius 3 is 2.59 bits per heavy atom. The molecule has 2 N–H and O–H groups in total. The van der Waals surface area contributed by atoms with Gasteiger partial charge in [-0.3, -0.25) is 4.79 Å². The molecular weight excluding hydrogens is 359 g/mol. The molecule has 0 spiro atoms. The third-order valence-corrected chi connectivity index (χ3v) is 4.71. The summed E-state index contributed by atoms with van der Waals surface area (Å²) >= 11 is 0. The van der Waals surface area contributed by atoms with E-state index in [0.29, 0.717) is 11.3 Å². The normalized spacial score (nSPS) is 14.5. The van der Waals surface area contributed by atoms with Crippen LogP contribution in [0.2, 0.25) is 0 Å². The van der Waals surface area contributed by atoms with Gasteiger partial charge in [0.2, 0.25) is 0 Å². The van der Waals surface area contributed by atoms with Crippen LogP contribution in [0.15, 0.2) is 41.2 Å². The molecule has 27 heavy (non-hydrogen) atoms. The Labute approximate surface area is 152 Å². The van der Waals surface area contributed by atoms with Crippen molar-refractivity contribution in [1.29, 1.82) is 0 Å². The third kappa shape index (κ3) is 2.90. The summed E-state index contributed by atoms with van der Waals surface area (Å²) in [6.07, 6.45) is -2.73. The number of hydrogen-bond donors (Lipinski definition) is 1. The fraction of sp³-hybridized carbons (Fsp3) is 0.263. The molecule has 140 valence electrons. The van der Waals surface area contributed by atoms with Crippen molar-refractivity contribution in [3.8, 4) is 16.9 Å². The fourth-order valence-corrected chi connectivity index (χ4v) is 3.24. The molecule has 8 heteroatoms. The number of halogens is 3. The van der Waals surface area contributed by atoms with Gasteiger partial charge in [0, 0.05) is 11.5 Å². The van der Waals surface area contributed by atoms with Crippen LogP contribution in [0.5, 0.6) is 5.75 Å². The maximum absolute atomic E-state index is 13.5. The number of aromatic nitrogens is 2. The second-order valence-corrected chi connectivity index (χ2v) is 6.53. The molecule has 5 nitrogen and oxygen atoms in total. The van der Waals surface area contributed by atoms with Crippen molar-refractivity contribution >= 4 is 10.9 Å². The lowest BCUT2D eigenvalue weighted by atomic mass is 9.97. The molecule has 0 saturated heterocycles. The predicted octanol–water partition coefficient (Wildman–Crippen LogP) is 3.68. The van der Waals surface area contributed by atoms with Gasteiger partial charge in [0.1, 0.15) is 11.6 Å². The number of nitrogen functional groups attached to an aromatic ring is 1. The van der Waals surface area contributed by atoms with Crippen LogP contribution in [0.4, 0.5) is 13.2 Å². The molecule has 1 heterocycles. The lowest BCUT2D eigenvalue weighted by molar-refractivity contribution is -0.137. The van der Waals surface area contributed by atoms with E-state index in [1.165, 1.54) is 31.4 Å². The number of methoxy groups -OCH3 is 1. The van der Waals surface area contributed by atoms with Gasteiger partial charge in [-0.25, -0.2) is 9.66 Å². The van der Waals surface area contributed by atoms with Gasteiger partial charge in [0.05, 0.1) is 23.6 Å². The second-order valence-electron chi connectivity index (χ2n) is 6.53. The van der Waals surface area contributed by atoms with Crippen molar-refractivity contribution in [3.05, 3.63) is 58.1 Å². The zero-order valence-electron chi connectivity index (χ0n) is 14.4. The zero-order valence-corrected chi connectivity index (χ0v) is 14.4. The Bertz CT molecular complexity index is 1100. The topological polar surface area (TPSA) is 70.1 Å². The van der Waals surface area contributed by atoms with Crippen molar-refractivity contribution in [2.75, 3.05) is 13.0 Å². The van der Waals surface area contributed by atoms with Gasteiger partial charge in [0.25, 0.3) is 5.56 Å². The quantitative estimate of drug-likeness (QED) is 0.709. The molecule has 0 atom stereocenters. The average molecular weight is 375 g/mol. The van der Waals surface area contributed by atoms with E-state index in [4.69, 9.17) is 10.6 Å². The van der Waals surface area contributed by atoms with Gasteiger partial charge in [-0.05, 0) is 42.7 Å². The summed E-state index contributed by atoms with van der Waals surface area (Å²) in [6, 6.07) is 8.16. The first-order valence-electron chi connectivity index (χ1n) is 8.37. The Kier molecular flexibility index (Phi) is 3.87. The van der Waals surface area contributed by atoms with Gasteiger partial charge < -0.3 is 10.6 Å². The van der Waals surface area contributed by atoms with Crippen LogP contribution in [-0.4, -0.2) is 16.8 Å². The number of benzene rings is 2. The molecule has 1 aromatic heterocycles. The van der Waals surface area contributed by atoms with Gasteiger partial charge in [-0.2, -0.15) is 13.2 Å². The van der Waals surface area contributed by atoms with Crippen LogP contribution in [-0.2, 0) is 6.18 Å². The minimum absolute atomic E-state index is 0.0693. The number of nitrogens with two attached hydrogens (primary N) is 1. The molecule has 0 unspecified atom stereocenters. The van der Waals surface area contributed by atoms with Gasteiger partial charge in [0.15, 0.2) is 0 Å². The number of nitrogens with zero attached hydrogens (tertiary/aromatic N) is 2. The minimum atomic E-state index is -4.57. The molecule has 3 aromatic rings. The highest BCUT2D eigenvalue weighted by molar-refractivity contribution is 5.86. The highest BCUT2D eigenvalue weighted by Crippen LogP contribution is 2.43. The van der Waals surface area contributed by atoms with E-state index < -0.39 is 17.3 Å². The molecule has 1 saturated carbocycles. The van der Waals surface area contributed by atoms with Crippen LogP contribution in [0.1, 0.15) is 30.1 Å². The van der Waals surface area contributed by atoms with Gasteiger partial charge in [-0.15, -0.1) is 0 Å².